The Hall–Kier alpha value is -2.30. The highest BCUT2D eigenvalue weighted by molar-refractivity contribution is 6.31. The van der Waals surface area contributed by atoms with Crippen molar-refractivity contribution in [3.8, 4) is 5.75 Å². The third kappa shape index (κ3) is 2.63. The minimum atomic E-state index is -0.371. The Bertz CT molecular complexity index is 616. The van der Waals surface area contributed by atoms with Crippen LogP contribution in [0, 0.1) is 0 Å². The van der Waals surface area contributed by atoms with Crippen LogP contribution in [0.3, 0.4) is 0 Å². The molecule has 0 atom stereocenters. The molecule has 0 bridgehead atoms. The van der Waals surface area contributed by atoms with Gasteiger partial charge in [0, 0.05) is 24.9 Å². The summed E-state index contributed by atoms with van der Waals surface area (Å²) in [6, 6.07) is 5.22. The quantitative estimate of drug-likeness (QED) is 0.665. The van der Waals surface area contributed by atoms with E-state index in [2.05, 4.69) is 10.2 Å². The van der Waals surface area contributed by atoms with Gasteiger partial charge in [-0.15, -0.1) is 0 Å². The van der Waals surface area contributed by atoms with Gasteiger partial charge in [0.2, 0.25) is 0 Å². The van der Waals surface area contributed by atoms with E-state index in [1.165, 1.54) is 6.42 Å². The first-order valence-electron chi connectivity index (χ1n) is 7.19. The van der Waals surface area contributed by atoms with E-state index in [1.807, 2.05) is 6.20 Å². The van der Waals surface area contributed by atoms with Crippen molar-refractivity contribution in [1.29, 1.82) is 0 Å². The summed E-state index contributed by atoms with van der Waals surface area (Å²) in [6.45, 7) is 1.91. The maximum atomic E-state index is 12.1. The molecule has 1 saturated heterocycles. The molecule has 0 aromatic heterocycles. The Kier molecular flexibility index (Phi) is 3.64. The summed E-state index contributed by atoms with van der Waals surface area (Å²) in [5, 5.41) is 2.40. The molecule has 2 aliphatic heterocycles. The van der Waals surface area contributed by atoms with Crippen LogP contribution in [0.25, 0.3) is 5.57 Å². The molecule has 0 unspecified atom stereocenters. The fraction of sp³-hybridized carbons (Fsp3) is 0.375. The lowest BCUT2D eigenvalue weighted by Crippen LogP contribution is -2.37. The molecule has 1 fully saturated rings. The lowest BCUT2D eigenvalue weighted by atomic mass is 9.95. The summed E-state index contributed by atoms with van der Waals surface area (Å²) in [5.41, 5.74) is 1.71. The van der Waals surface area contributed by atoms with E-state index in [0.717, 1.165) is 25.9 Å². The lowest BCUT2D eigenvalue weighted by Gasteiger charge is -2.27. The van der Waals surface area contributed by atoms with Crippen LogP contribution in [0.2, 0.25) is 0 Å². The average molecular weight is 286 g/mol. The van der Waals surface area contributed by atoms with Gasteiger partial charge in [0.1, 0.15) is 5.75 Å². The maximum Gasteiger partial charge on any atom is 0.260 e. The first kappa shape index (κ1) is 13.7. The number of benzene rings is 1. The highest BCUT2D eigenvalue weighted by Gasteiger charge is 2.28. The van der Waals surface area contributed by atoms with Gasteiger partial charge in [0.05, 0.1) is 18.2 Å². The number of nitrogens with zero attached hydrogens (tertiary/aromatic N) is 1. The van der Waals surface area contributed by atoms with Crippen molar-refractivity contribution in [2.45, 2.75) is 19.3 Å². The van der Waals surface area contributed by atoms with Crippen molar-refractivity contribution in [2.24, 2.45) is 0 Å². The zero-order valence-electron chi connectivity index (χ0n) is 12.0. The van der Waals surface area contributed by atoms with E-state index in [4.69, 9.17) is 4.74 Å². The standard InChI is InChI=1S/C16H18N2O3/c1-21-11-5-6-12-13(9-11)15(19)17-16(20)14(12)10-18-7-3-2-4-8-18/h5-6,9-10H,2-4,7-8H2,1H3,(H,17,19,20)/b14-10-. The Morgan fingerprint density at radius 3 is 2.57 bits per heavy atom. The predicted molar refractivity (Wildman–Crippen MR) is 78.9 cm³/mol. The highest BCUT2D eigenvalue weighted by atomic mass is 16.5. The second kappa shape index (κ2) is 5.60. The number of rotatable bonds is 2. The van der Waals surface area contributed by atoms with Crippen LogP contribution < -0.4 is 10.1 Å². The number of piperidine rings is 1. The van der Waals surface area contributed by atoms with Crippen molar-refractivity contribution in [1.82, 2.24) is 10.2 Å². The van der Waals surface area contributed by atoms with Gasteiger partial charge < -0.3 is 9.64 Å². The number of imide groups is 1. The highest BCUT2D eigenvalue weighted by Crippen LogP contribution is 2.28. The monoisotopic (exact) mass is 286 g/mol. The zero-order valence-corrected chi connectivity index (χ0v) is 12.0. The van der Waals surface area contributed by atoms with Gasteiger partial charge in [-0.1, -0.05) is 0 Å². The molecule has 21 heavy (non-hydrogen) atoms. The summed E-state index contributed by atoms with van der Waals surface area (Å²) >= 11 is 0. The van der Waals surface area contributed by atoms with Crippen molar-refractivity contribution >= 4 is 17.4 Å². The molecule has 2 aliphatic rings. The largest absolute Gasteiger partial charge is 0.497 e. The van der Waals surface area contributed by atoms with Crippen LogP contribution in [-0.2, 0) is 4.79 Å². The fourth-order valence-corrected chi connectivity index (χ4v) is 2.79. The normalized spacial score (nSPS) is 20.2. The first-order valence-corrected chi connectivity index (χ1v) is 7.19. The van der Waals surface area contributed by atoms with E-state index >= 15 is 0 Å². The smallest absolute Gasteiger partial charge is 0.260 e. The Balaban J connectivity index is 2.01. The Morgan fingerprint density at radius 2 is 1.86 bits per heavy atom. The Labute approximate surface area is 123 Å². The minimum absolute atomic E-state index is 0.330. The number of likely N-dealkylation sites (tertiary alicyclic amines) is 1. The van der Waals surface area contributed by atoms with Crippen LogP contribution in [-0.4, -0.2) is 36.9 Å². The minimum Gasteiger partial charge on any atom is -0.497 e. The van der Waals surface area contributed by atoms with Gasteiger partial charge in [-0.25, -0.2) is 0 Å². The van der Waals surface area contributed by atoms with E-state index < -0.39 is 0 Å². The van der Waals surface area contributed by atoms with Gasteiger partial charge in [-0.05, 0) is 37.5 Å². The molecular weight excluding hydrogens is 268 g/mol. The van der Waals surface area contributed by atoms with Crippen LogP contribution in [0.1, 0.15) is 35.2 Å². The summed E-state index contributed by atoms with van der Waals surface area (Å²) in [7, 11) is 1.55. The molecule has 2 amide bonds. The lowest BCUT2D eigenvalue weighted by molar-refractivity contribution is -0.114. The number of methoxy groups -OCH3 is 1. The molecule has 1 aromatic carbocycles. The molecule has 1 N–H and O–H groups in total. The van der Waals surface area contributed by atoms with Crippen LogP contribution >= 0.6 is 0 Å². The molecule has 2 heterocycles. The maximum absolute atomic E-state index is 12.1. The molecule has 0 aliphatic carbocycles. The Morgan fingerprint density at radius 1 is 1.10 bits per heavy atom. The number of fused-ring (bicyclic) bond motifs is 1. The summed E-state index contributed by atoms with van der Waals surface area (Å²) < 4.78 is 5.15. The number of hydrogen-bond donors (Lipinski definition) is 1. The van der Waals surface area contributed by atoms with Crippen molar-refractivity contribution in [3.63, 3.8) is 0 Å². The van der Waals surface area contributed by atoms with E-state index in [9.17, 15) is 9.59 Å². The van der Waals surface area contributed by atoms with Crippen molar-refractivity contribution in [2.75, 3.05) is 20.2 Å². The third-order valence-corrected chi connectivity index (χ3v) is 3.94. The van der Waals surface area contributed by atoms with Crippen molar-refractivity contribution < 1.29 is 14.3 Å². The van der Waals surface area contributed by atoms with Gasteiger partial charge in [0.15, 0.2) is 0 Å². The second-order valence-electron chi connectivity index (χ2n) is 5.33. The van der Waals surface area contributed by atoms with Gasteiger partial charge in [-0.2, -0.15) is 0 Å². The van der Waals surface area contributed by atoms with Gasteiger partial charge >= 0.3 is 0 Å². The molecule has 0 saturated carbocycles. The number of amides is 2. The number of ether oxygens (including phenoxy) is 1. The van der Waals surface area contributed by atoms with Crippen LogP contribution in [0.4, 0.5) is 0 Å². The van der Waals surface area contributed by atoms with Crippen molar-refractivity contribution in [3.05, 3.63) is 35.5 Å². The van der Waals surface area contributed by atoms with E-state index in [1.54, 1.807) is 25.3 Å². The molecular formula is C16H18N2O3. The van der Waals surface area contributed by atoms with Gasteiger partial charge in [-0.3, -0.25) is 14.9 Å². The molecule has 0 spiro atoms. The number of carbonyl (C=O) groups is 2. The second-order valence-corrected chi connectivity index (χ2v) is 5.33. The first-order chi connectivity index (χ1) is 10.2. The molecule has 5 heteroatoms. The van der Waals surface area contributed by atoms with Crippen LogP contribution in [0.5, 0.6) is 5.75 Å². The molecule has 0 radical (unpaired) electrons. The zero-order chi connectivity index (χ0) is 14.8. The molecule has 5 nitrogen and oxygen atoms in total. The van der Waals surface area contributed by atoms with Crippen LogP contribution in [0.15, 0.2) is 24.4 Å². The topological polar surface area (TPSA) is 58.6 Å². The summed E-state index contributed by atoms with van der Waals surface area (Å²) in [6.07, 6.45) is 5.39. The van der Waals surface area contributed by atoms with E-state index in [-0.39, 0.29) is 11.8 Å². The summed E-state index contributed by atoms with van der Waals surface area (Å²) in [5.74, 6) is -0.0940. The van der Waals surface area contributed by atoms with E-state index in [0.29, 0.717) is 22.4 Å². The predicted octanol–water partition coefficient (Wildman–Crippen LogP) is 1.79. The number of hydrogen-bond acceptors (Lipinski definition) is 4. The average Bonchev–Trinajstić information content (AvgIpc) is 2.52. The number of nitrogens with one attached hydrogen (secondary N) is 1. The van der Waals surface area contributed by atoms with Gasteiger partial charge in [0.25, 0.3) is 11.8 Å². The number of carbonyl (C=O) groups excluding carboxylic acids is 2. The molecule has 1 aromatic rings. The fourth-order valence-electron chi connectivity index (χ4n) is 2.79. The SMILES string of the molecule is COc1ccc2c(c1)C(=O)NC(=O)/C2=C\N1CCCCC1. The summed E-state index contributed by atoms with van der Waals surface area (Å²) in [4.78, 5) is 26.3. The molecule has 110 valence electrons. The molecule has 3 rings (SSSR count). The third-order valence-electron chi connectivity index (χ3n) is 3.94.